The van der Waals surface area contributed by atoms with E-state index < -0.39 is 8.32 Å². The minimum absolute atomic E-state index is 0.0972. The third-order valence-electron chi connectivity index (χ3n) is 5.05. The summed E-state index contributed by atoms with van der Waals surface area (Å²) >= 11 is 2.45. The van der Waals surface area contributed by atoms with E-state index in [1.54, 1.807) is 0 Å². The summed E-state index contributed by atoms with van der Waals surface area (Å²) in [6.45, 7) is 4.52. The Bertz CT molecular complexity index is 558. The molecule has 0 radical (unpaired) electrons. The van der Waals surface area contributed by atoms with Crippen molar-refractivity contribution in [3.8, 4) is 0 Å². The molecular formula is C21H29IOSi. The van der Waals surface area contributed by atoms with Gasteiger partial charge in [-0.25, -0.2) is 0 Å². The minimum Gasteiger partial charge on any atom is -0.424 e. The fourth-order valence-corrected chi connectivity index (χ4v) is 7.83. The molecule has 1 N–H and O–H groups in total. The fourth-order valence-electron chi connectivity index (χ4n) is 3.50. The molecule has 0 unspecified atom stereocenters. The first-order valence-electron chi connectivity index (χ1n) is 8.92. The molecule has 1 nitrogen and oxygen atoms in total. The van der Waals surface area contributed by atoms with Crippen LogP contribution in [0.25, 0.3) is 0 Å². The highest BCUT2D eigenvalue weighted by Crippen LogP contribution is 2.40. The van der Waals surface area contributed by atoms with Crippen molar-refractivity contribution in [3.63, 3.8) is 0 Å². The second-order valence-electron chi connectivity index (χ2n) is 7.18. The molecule has 0 bridgehead atoms. The standard InChI is InChI=1S/C21H29IOSi/c1-21(2,17-11-3-4-12-18-22)24(23,19-13-7-5-8-14-19)20-15-9-6-10-16-20/h5-10,13-16,23H,3-4,11-12,17-18H2,1-2H3. The van der Waals surface area contributed by atoms with Crippen molar-refractivity contribution in [2.24, 2.45) is 0 Å². The van der Waals surface area contributed by atoms with Crippen molar-refractivity contribution in [1.82, 2.24) is 0 Å². The van der Waals surface area contributed by atoms with Crippen LogP contribution in [0, 0.1) is 0 Å². The molecule has 0 aliphatic heterocycles. The van der Waals surface area contributed by atoms with Crippen molar-refractivity contribution >= 4 is 41.3 Å². The number of alkyl halides is 1. The zero-order valence-electron chi connectivity index (χ0n) is 14.8. The van der Waals surface area contributed by atoms with Gasteiger partial charge in [0, 0.05) is 0 Å². The van der Waals surface area contributed by atoms with Crippen LogP contribution in [0.5, 0.6) is 0 Å². The fraction of sp³-hybridized carbons (Fsp3) is 0.429. The van der Waals surface area contributed by atoms with Gasteiger partial charge in [-0.05, 0) is 32.7 Å². The molecule has 2 rings (SSSR count). The maximum Gasteiger partial charge on any atom is 0.258 e. The molecule has 0 amide bonds. The highest BCUT2D eigenvalue weighted by atomic mass is 127. The Labute approximate surface area is 161 Å². The molecule has 0 aliphatic carbocycles. The molecule has 24 heavy (non-hydrogen) atoms. The molecule has 0 saturated carbocycles. The first-order valence-corrected chi connectivity index (χ1v) is 12.4. The van der Waals surface area contributed by atoms with Crippen molar-refractivity contribution in [2.75, 3.05) is 4.43 Å². The Kier molecular flexibility index (Phi) is 7.50. The summed E-state index contributed by atoms with van der Waals surface area (Å²) in [7, 11) is -2.80. The molecule has 0 aliphatic rings. The Balaban J connectivity index is 2.29. The van der Waals surface area contributed by atoms with Crippen LogP contribution in [0.15, 0.2) is 60.7 Å². The lowest BCUT2D eigenvalue weighted by atomic mass is 10.0. The molecule has 0 saturated heterocycles. The molecule has 0 fully saturated rings. The van der Waals surface area contributed by atoms with Crippen LogP contribution in [-0.2, 0) is 0 Å². The molecular weight excluding hydrogens is 423 g/mol. The second-order valence-corrected chi connectivity index (χ2v) is 12.2. The van der Waals surface area contributed by atoms with E-state index in [9.17, 15) is 4.80 Å². The molecule has 2 aromatic rings. The van der Waals surface area contributed by atoms with E-state index >= 15 is 0 Å². The van der Waals surface area contributed by atoms with Crippen LogP contribution in [0.3, 0.4) is 0 Å². The van der Waals surface area contributed by atoms with E-state index in [1.807, 2.05) is 36.4 Å². The number of benzene rings is 2. The quantitative estimate of drug-likeness (QED) is 0.248. The van der Waals surface area contributed by atoms with Gasteiger partial charge in [-0.2, -0.15) is 0 Å². The van der Waals surface area contributed by atoms with Crippen LogP contribution in [0.2, 0.25) is 5.04 Å². The Hall–Kier alpha value is -0.653. The predicted octanol–water partition coefficient (Wildman–Crippen LogP) is 4.90. The maximum absolute atomic E-state index is 12.0. The second kappa shape index (κ2) is 9.16. The summed E-state index contributed by atoms with van der Waals surface area (Å²) in [6, 6.07) is 20.7. The van der Waals surface area contributed by atoms with E-state index in [4.69, 9.17) is 0 Å². The largest absolute Gasteiger partial charge is 0.424 e. The number of halogens is 1. The lowest BCUT2D eigenvalue weighted by molar-refractivity contribution is 0.449. The van der Waals surface area contributed by atoms with Gasteiger partial charge in [-0.15, -0.1) is 0 Å². The summed E-state index contributed by atoms with van der Waals surface area (Å²) in [5.74, 6) is 0. The van der Waals surface area contributed by atoms with Crippen LogP contribution in [-0.4, -0.2) is 17.5 Å². The van der Waals surface area contributed by atoms with Crippen LogP contribution >= 0.6 is 22.6 Å². The van der Waals surface area contributed by atoms with Gasteiger partial charge in [0.05, 0.1) is 0 Å². The van der Waals surface area contributed by atoms with Crippen LogP contribution < -0.4 is 10.4 Å². The summed E-state index contributed by atoms with van der Waals surface area (Å²) in [6.07, 6.45) is 6.13. The van der Waals surface area contributed by atoms with Crippen molar-refractivity contribution in [3.05, 3.63) is 60.7 Å². The van der Waals surface area contributed by atoms with E-state index in [2.05, 4.69) is 60.7 Å². The lowest BCUT2D eigenvalue weighted by Crippen LogP contribution is -2.65. The molecule has 3 heteroatoms. The van der Waals surface area contributed by atoms with E-state index in [1.165, 1.54) is 30.1 Å². The molecule has 0 aromatic heterocycles. The highest BCUT2D eigenvalue weighted by molar-refractivity contribution is 14.1. The minimum atomic E-state index is -2.80. The molecule has 0 spiro atoms. The molecule has 0 heterocycles. The van der Waals surface area contributed by atoms with Crippen LogP contribution in [0.1, 0.15) is 46.0 Å². The third-order valence-corrected chi connectivity index (χ3v) is 10.4. The maximum atomic E-state index is 12.0. The van der Waals surface area contributed by atoms with Crippen molar-refractivity contribution in [2.45, 2.75) is 51.0 Å². The first-order chi connectivity index (χ1) is 11.5. The molecule has 0 atom stereocenters. The Morgan fingerprint density at radius 3 is 1.71 bits per heavy atom. The summed E-state index contributed by atoms with van der Waals surface area (Å²) < 4.78 is 1.24. The number of hydrogen-bond acceptors (Lipinski definition) is 1. The van der Waals surface area contributed by atoms with Gasteiger partial charge in [0.25, 0.3) is 8.32 Å². The van der Waals surface area contributed by atoms with Crippen LogP contribution in [0.4, 0.5) is 0 Å². The summed E-state index contributed by atoms with van der Waals surface area (Å²) in [4.78, 5) is 12.0. The van der Waals surface area contributed by atoms with Gasteiger partial charge in [-0.3, -0.25) is 0 Å². The average molecular weight is 452 g/mol. The van der Waals surface area contributed by atoms with Gasteiger partial charge in [-0.1, -0.05) is 116 Å². The summed E-state index contributed by atoms with van der Waals surface area (Å²) in [5.41, 5.74) is 0. The normalized spacial score (nSPS) is 12.3. The van der Waals surface area contributed by atoms with Gasteiger partial charge in [0.1, 0.15) is 0 Å². The topological polar surface area (TPSA) is 20.2 Å². The number of hydrogen-bond donors (Lipinski definition) is 1. The van der Waals surface area contributed by atoms with Gasteiger partial charge >= 0.3 is 0 Å². The average Bonchev–Trinajstić information content (AvgIpc) is 2.62. The number of unbranched alkanes of at least 4 members (excludes halogenated alkanes) is 3. The zero-order valence-corrected chi connectivity index (χ0v) is 18.0. The smallest absolute Gasteiger partial charge is 0.258 e. The predicted molar refractivity (Wildman–Crippen MR) is 116 cm³/mol. The number of rotatable bonds is 9. The van der Waals surface area contributed by atoms with E-state index in [0.29, 0.717) is 0 Å². The summed E-state index contributed by atoms with van der Waals surface area (Å²) in [5, 5.41) is 2.14. The van der Waals surface area contributed by atoms with E-state index in [-0.39, 0.29) is 5.04 Å². The molecule has 2 aromatic carbocycles. The van der Waals surface area contributed by atoms with Crippen molar-refractivity contribution in [1.29, 1.82) is 0 Å². The lowest BCUT2D eigenvalue weighted by Gasteiger charge is -2.41. The monoisotopic (exact) mass is 452 g/mol. The molecule has 130 valence electrons. The first kappa shape index (κ1) is 19.7. The van der Waals surface area contributed by atoms with Crippen molar-refractivity contribution < 1.29 is 4.80 Å². The SMILES string of the molecule is CC(C)(CCCCCCI)[Si](O)(c1ccccc1)c1ccccc1. The Morgan fingerprint density at radius 1 is 0.792 bits per heavy atom. The Morgan fingerprint density at radius 2 is 1.25 bits per heavy atom. The van der Waals surface area contributed by atoms with Gasteiger partial charge < -0.3 is 4.80 Å². The zero-order chi connectivity index (χ0) is 17.5. The third kappa shape index (κ3) is 4.49. The van der Waals surface area contributed by atoms with Gasteiger partial charge in [0.15, 0.2) is 0 Å². The highest BCUT2D eigenvalue weighted by Gasteiger charge is 2.49. The van der Waals surface area contributed by atoms with E-state index in [0.717, 1.165) is 16.8 Å². The van der Waals surface area contributed by atoms with Gasteiger partial charge in [0.2, 0.25) is 0 Å².